The fraction of sp³-hybridized carbons (Fsp3) is 0.125. The molecule has 1 aliphatic rings. The number of carbonyl (C=O) groups excluding carboxylic acids is 2. The quantitative estimate of drug-likeness (QED) is 0.841. The number of rotatable bonds is 3. The maximum absolute atomic E-state index is 12.0. The first-order valence-corrected chi connectivity index (χ1v) is 6.47. The number of aromatic carboxylic acids is 1. The van der Waals surface area contributed by atoms with Gasteiger partial charge in [-0.25, -0.2) is 0 Å². The summed E-state index contributed by atoms with van der Waals surface area (Å²) in [5.41, 5.74) is 1.68. The minimum Gasteiger partial charge on any atom is -0.545 e. The molecule has 3 rings (SSSR count). The molecular weight excluding hydrogens is 270 g/mol. The Hall–Kier alpha value is -2.82. The van der Waals surface area contributed by atoms with Gasteiger partial charge in [0, 0.05) is 0 Å². The van der Waals surface area contributed by atoms with E-state index in [1.165, 1.54) is 12.1 Å². The van der Waals surface area contributed by atoms with Crippen LogP contribution in [-0.4, -0.2) is 18.5 Å². The predicted octanol–water partition coefficient (Wildman–Crippen LogP) is 0.976. The van der Waals surface area contributed by atoms with Crippen LogP contribution in [-0.2, 0) is 11.3 Å². The second-order valence-electron chi connectivity index (χ2n) is 4.72. The van der Waals surface area contributed by atoms with Crippen molar-refractivity contribution in [3.05, 3.63) is 59.7 Å². The van der Waals surface area contributed by atoms with Gasteiger partial charge >= 0.3 is 0 Å². The van der Waals surface area contributed by atoms with Gasteiger partial charge in [-0.05, 0) is 23.3 Å². The van der Waals surface area contributed by atoms with E-state index in [1.54, 1.807) is 17.0 Å². The molecule has 1 heterocycles. The standard InChI is InChI=1S/C16H13NO4/c18-15-10-21-14-4-2-1-3-13(14)17(15)9-11-5-7-12(8-6-11)16(19)20/h1-8H,9-10H2,(H,19,20)/p-1. The Kier molecular flexibility index (Phi) is 3.31. The Morgan fingerprint density at radius 3 is 2.57 bits per heavy atom. The highest BCUT2D eigenvalue weighted by molar-refractivity contribution is 5.97. The summed E-state index contributed by atoms with van der Waals surface area (Å²) in [6, 6.07) is 13.6. The molecule has 0 radical (unpaired) electrons. The average molecular weight is 282 g/mol. The monoisotopic (exact) mass is 282 g/mol. The van der Waals surface area contributed by atoms with Crippen LogP contribution in [0.4, 0.5) is 5.69 Å². The summed E-state index contributed by atoms with van der Waals surface area (Å²) >= 11 is 0. The fourth-order valence-corrected chi connectivity index (χ4v) is 2.26. The largest absolute Gasteiger partial charge is 0.545 e. The van der Waals surface area contributed by atoms with E-state index in [9.17, 15) is 14.7 Å². The molecule has 0 fully saturated rings. The van der Waals surface area contributed by atoms with Crippen molar-refractivity contribution in [2.75, 3.05) is 11.5 Å². The number of benzene rings is 2. The number of anilines is 1. The van der Waals surface area contributed by atoms with Crippen LogP contribution in [0, 0.1) is 0 Å². The summed E-state index contributed by atoms with van der Waals surface area (Å²) in [4.78, 5) is 24.4. The van der Waals surface area contributed by atoms with Crippen LogP contribution in [0.5, 0.6) is 5.75 Å². The third kappa shape index (κ3) is 2.58. The molecule has 0 spiro atoms. The molecule has 1 aliphatic heterocycles. The van der Waals surface area contributed by atoms with Crippen LogP contribution >= 0.6 is 0 Å². The van der Waals surface area contributed by atoms with Gasteiger partial charge in [-0.2, -0.15) is 0 Å². The topological polar surface area (TPSA) is 69.7 Å². The van der Waals surface area contributed by atoms with Gasteiger partial charge in [0.2, 0.25) is 0 Å². The second kappa shape index (κ2) is 5.28. The molecule has 0 N–H and O–H groups in total. The summed E-state index contributed by atoms with van der Waals surface area (Å²) < 4.78 is 5.38. The van der Waals surface area contributed by atoms with E-state index in [0.717, 1.165) is 11.3 Å². The number of para-hydroxylation sites is 2. The smallest absolute Gasteiger partial charge is 0.265 e. The second-order valence-corrected chi connectivity index (χ2v) is 4.72. The van der Waals surface area contributed by atoms with Crippen molar-refractivity contribution in [3.8, 4) is 5.75 Å². The van der Waals surface area contributed by atoms with Crippen LogP contribution in [0.15, 0.2) is 48.5 Å². The number of fused-ring (bicyclic) bond motifs is 1. The Bertz CT molecular complexity index is 694. The zero-order chi connectivity index (χ0) is 14.8. The molecule has 0 saturated heterocycles. The van der Waals surface area contributed by atoms with Crippen molar-refractivity contribution in [3.63, 3.8) is 0 Å². The van der Waals surface area contributed by atoms with E-state index in [4.69, 9.17) is 4.74 Å². The zero-order valence-corrected chi connectivity index (χ0v) is 11.1. The van der Waals surface area contributed by atoms with Crippen LogP contribution in [0.1, 0.15) is 15.9 Å². The van der Waals surface area contributed by atoms with Crippen LogP contribution in [0.2, 0.25) is 0 Å². The molecule has 0 unspecified atom stereocenters. The first kappa shape index (κ1) is 13.2. The molecule has 1 amide bonds. The Balaban J connectivity index is 1.87. The molecule has 0 atom stereocenters. The average Bonchev–Trinajstić information content (AvgIpc) is 2.51. The fourth-order valence-electron chi connectivity index (χ4n) is 2.26. The van der Waals surface area contributed by atoms with Gasteiger partial charge in [0.05, 0.1) is 18.2 Å². The van der Waals surface area contributed by atoms with Gasteiger partial charge < -0.3 is 19.5 Å². The number of ether oxygens (including phenoxy) is 1. The van der Waals surface area contributed by atoms with Gasteiger partial charge in [0.15, 0.2) is 6.61 Å². The van der Waals surface area contributed by atoms with Crippen molar-refractivity contribution < 1.29 is 19.4 Å². The summed E-state index contributed by atoms with van der Waals surface area (Å²) in [6.07, 6.45) is 0. The van der Waals surface area contributed by atoms with E-state index < -0.39 is 5.97 Å². The highest BCUT2D eigenvalue weighted by atomic mass is 16.5. The number of carboxylic acid groups (broad SMARTS) is 1. The third-order valence-electron chi connectivity index (χ3n) is 3.34. The van der Waals surface area contributed by atoms with Gasteiger partial charge in [-0.15, -0.1) is 0 Å². The molecule has 0 saturated carbocycles. The Morgan fingerprint density at radius 2 is 1.86 bits per heavy atom. The van der Waals surface area contributed by atoms with E-state index >= 15 is 0 Å². The molecule has 5 heteroatoms. The molecule has 2 aromatic carbocycles. The first-order chi connectivity index (χ1) is 10.1. The molecule has 0 aromatic heterocycles. The normalized spacial score (nSPS) is 13.5. The zero-order valence-electron chi connectivity index (χ0n) is 11.1. The minimum absolute atomic E-state index is 0.00808. The number of hydrogen-bond acceptors (Lipinski definition) is 4. The van der Waals surface area contributed by atoms with Gasteiger partial charge in [-0.3, -0.25) is 4.79 Å². The van der Waals surface area contributed by atoms with Gasteiger partial charge in [-0.1, -0.05) is 36.4 Å². The summed E-state index contributed by atoms with van der Waals surface area (Å²) in [5.74, 6) is -0.671. The molecule has 5 nitrogen and oxygen atoms in total. The summed E-state index contributed by atoms with van der Waals surface area (Å²) in [5, 5.41) is 10.7. The summed E-state index contributed by atoms with van der Waals surface area (Å²) in [6.45, 7) is 0.376. The highest BCUT2D eigenvalue weighted by Crippen LogP contribution is 2.32. The number of carboxylic acids is 1. The first-order valence-electron chi connectivity index (χ1n) is 6.47. The SMILES string of the molecule is O=C([O-])c1ccc(CN2C(=O)COc3ccccc32)cc1. The summed E-state index contributed by atoms with van der Waals surface area (Å²) in [7, 11) is 0. The number of hydrogen-bond donors (Lipinski definition) is 0. The molecule has 0 aliphatic carbocycles. The number of amides is 1. The Labute approximate surface area is 121 Å². The number of carbonyl (C=O) groups is 2. The lowest BCUT2D eigenvalue weighted by Gasteiger charge is -2.29. The van der Waals surface area contributed by atoms with Crippen molar-refractivity contribution in [2.24, 2.45) is 0 Å². The van der Waals surface area contributed by atoms with E-state index in [0.29, 0.717) is 12.3 Å². The van der Waals surface area contributed by atoms with Crippen LogP contribution < -0.4 is 14.7 Å². The lowest BCUT2D eigenvalue weighted by molar-refractivity contribution is -0.255. The Morgan fingerprint density at radius 1 is 1.14 bits per heavy atom. The van der Waals surface area contributed by atoms with E-state index in [-0.39, 0.29) is 18.1 Å². The molecule has 21 heavy (non-hydrogen) atoms. The van der Waals surface area contributed by atoms with Crippen molar-refractivity contribution in [2.45, 2.75) is 6.54 Å². The number of nitrogens with zero attached hydrogens (tertiary/aromatic N) is 1. The van der Waals surface area contributed by atoms with Gasteiger partial charge in [0.1, 0.15) is 5.75 Å². The van der Waals surface area contributed by atoms with E-state index in [1.807, 2.05) is 24.3 Å². The maximum atomic E-state index is 12.0. The van der Waals surface area contributed by atoms with Crippen molar-refractivity contribution in [1.29, 1.82) is 0 Å². The lowest BCUT2D eigenvalue weighted by atomic mass is 10.1. The van der Waals surface area contributed by atoms with Gasteiger partial charge in [0.25, 0.3) is 5.91 Å². The maximum Gasteiger partial charge on any atom is 0.265 e. The molecule has 106 valence electrons. The lowest BCUT2D eigenvalue weighted by Crippen LogP contribution is -2.38. The molecule has 2 aromatic rings. The van der Waals surface area contributed by atoms with Crippen LogP contribution in [0.25, 0.3) is 0 Å². The predicted molar refractivity (Wildman–Crippen MR) is 73.9 cm³/mol. The molecular formula is C16H12NO4-. The minimum atomic E-state index is -1.21. The van der Waals surface area contributed by atoms with Crippen molar-refractivity contribution in [1.82, 2.24) is 0 Å². The molecule has 0 bridgehead atoms. The van der Waals surface area contributed by atoms with E-state index in [2.05, 4.69) is 0 Å². The third-order valence-corrected chi connectivity index (χ3v) is 3.34. The van der Waals surface area contributed by atoms with Crippen molar-refractivity contribution >= 4 is 17.6 Å². The van der Waals surface area contributed by atoms with Crippen LogP contribution in [0.3, 0.4) is 0 Å². The highest BCUT2D eigenvalue weighted by Gasteiger charge is 2.24.